The summed E-state index contributed by atoms with van der Waals surface area (Å²) in [6, 6.07) is 12.1. The summed E-state index contributed by atoms with van der Waals surface area (Å²) in [5.41, 5.74) is 2.65. The maximum Gasteiger partial charge on any atom is 0.410 e. The number of carbonyl (C=O) groups excluding carboxylic acids is 2. The second kappa shape index (κ2) is 7.12. The number of likely N-dealkylation sites (tertiary alicyclic amines) is 1. The molecule has 2 aromatic heterocycles. The van der Waals surface area contributed by atoms with Crippen LogP contribution >= 0.6 is 0 Å². The number of nitrogens with zero attached hydrogens (tertiary/aromatic N) is 5. The van der Waals surface area contributed by atoms with Crippen molar-refractivity contribution in [3.8, 4) is 0 Å². The summed E-state index contributed by atoms with van der Waals surface area (Å²) >= 11 is 0. The van der Waals surface area contributed by atoms with E-state index in [-0.39, 0.29) is 12.0 Å². The number of aryl methyl sites for hydroxylation is 2. The highest BCUT2D eigenvalue weighted by Gasteiger charge is 2.49. The maximum absolute atomic E-state index is 13.0. The van der Waals surface area contributed by atoms with E-state index in [0.29, 0.717) is 37.1 Å². The van der Waals surface area contributed by atoms with Crippen LogP contribution in [-0.2, 0) is 17.7 Å². The molecule has 4 heterocycles. The first-order valence-corrected chi connectivity index (χ1v) is 10.1. The lowest BCUT2D eigenvalue weighted by Gasteiger charge is -2.21. The Bertz CT molecular complexity index is 1110. The van der Waals surface area contributed by atoms with E-state index in [4.69, 9.17) is 4.74 Å². The number of ether oxygens (including phenoxy) is 1. The molecule has 8 heteroatoms. The number of benzene rings is 1. The number of fused-ring (bicyclic) bond motifs is 1. The van der Waals surface area contributed by atoms with Crippen molar-refractivity contribution in [3.05, 3.63) is 60.0 Å². The third kappa shape index (κ3) is 3.28. The van der Waals surface area contributed by atoms with Crippen LogP contribution in [0, 0.1) is 0 Å². The first kappa shape index (κ1) is 18.6. The topological polar surface area (TPSA) is 80.6 Å². The summed E-state index contributed by atoms with van der Waals surface area (Å²) in [7, 11) is 1.72. The van der Waals surface area contributed by atoms with E-state index in [9.17, 15) is 9.59 Å². The molecule has 3 aromatic rings. The first-order valence-electron chi connectivity index (χ1n) is 10.1. The van der Waals surface area contributed by atoms with Crippen LogP contribution in [0.1, 0.15) is 22.3 Å². The van der Waals surface area contributed by atoms with E-state index in [0.717, 1.165) is 18.6 Å². The molecule has 0 bridgehead atoms. The van der Waals surface area contributed by atoms with E-state index in [2.05, 4.69) is 22.1 Å². The van der Waals surface area contributed by atoms with E-state index in [1.165, 1.54) is 5.56 Å². The molecular formula is C22H23N5O3. The van der Waals surface area contributed by atoms with Gasteiger partial charge in [0.05, 0.1) is 25.0 Å². The van der Waals surface area contributed by atoms with Crippen molar-refractivity contribution in [1.29, 1.82) is 0 Å². The van der Waals surface area contributed by atoms with Crippen molar-refractivity contribution < 1.29 is 14.3 Å². The van der Waals surface area contributed by atoms with Crippen LogP contribution < -0.4 is 0 Å². The fourth-order valence-electron chi connectivity index (χ4n) is 4.33. The monoisotopic (exact) mass is 405 g/mol. The molecule has 2 amide bonds. The van der Waals surface area contributed by atoms with Gasteiger partial charge in [0.25, 0.3) is 5.91 Å². The lowest BCUT2D eigenvalue weighted by molar-refractivity contribution is 0.0553. The average molecular weight is 405 g/mol. The molecule has 154 valence electrons. The number of pyridine rings is 1. The van der Waals surface area contributed by atoms with Crippen LogP contribution in [0.4, 0.5) is 4.79 Å². The number of rotatable bonds is 4. The standard InChI is InChI=1S/C22H23N5O3/c1-25-13-22(30-21(25)29)8-10-26(14-22)20(28)17-11-18-19(23-12-17)27(15-24-18)9-7-16-5-3-2-4-6-16/h2-6,11-12,15H,7-10,13-14H2,1H3. The molecule has 0 saturated carbocycles. The summed E-state index contributed by atoms with van der Waals surface area (Å²) in [5.74, 6) is -0.106. The van der Waals surface area contributed by atoms with Crippen molar-refractivity contribution in [3.63, 3.8) is 0 Å². The summed E-state index contributed by atoms with van der Waals surface area (Å²) in [4.78, 5) is 37.0. The Morgan fingerprint density at radius 2 is 2.03 bits per heavy atom. The van der Waals surface area contributed by atoms with Crippen molar-refractivity contribution in [1.82, 2.24) is 24.3 Å². The molecule has 0 N–H and O–H groups in total. The average Bonchev–Trinajstić information content (AvgIpc) is 3.43. The summed E-state index contributed by atoms with van der Waals surface area (Å²) in [6.07, 6.45) is 4.60. The van der Waals surface area contributed by atoms with Gasteiger partial charge >= 0.3 is 6.09 Å². The van der Waals surface area contributed by atoms with Crippen LogP contribution in [0.3, 0.4) is 0 Å². The van der Waals surface area contributed by atoms with Gasteiger partial charge in [0, 0.05) is 32.8 Å². The Hall–Kier alpha value is -3.42. The van der Waals surface area contributed by atoms with Crippen molar-refractivity contribution in [2.75, 3.05) is 26.7 Å². The quantitative estimate of drug-likeness (QED) is 0.666. The predicted octanol–water partition coefficient (Wildman–Crippen LogP) is 2.34. The van der Waals surface area contributed by atoms with Crippen LogP contribution in [0.15, 0.2) is 48.9 Å². The zero-order valence-corrected chi connectivity index (χ0v) is 16.8. The smallest absolute Gasteiger partial charge is 0.410 e. The van der Waals surface area contributed by atoms with Crippen LogP contribution in [0.2, 0.25) is 0 Å². The van der Waals surface area contributed by atoms with Gasteiger partial charge in [-0.2, -0.15) is 0 Å². The van der Waals surface area contributed by atoms with E-state index in [1.807, 2.05) is 22.8 Å². The zero-order chi connectivity index (χ0) is 20.7. The third-order valence-corrected chi connectivity index (χ3v) is 5.93. The van der Waals surface area contributed by atoms with Gasteiger partial charge in [-0.25, -0.2) is 14.8 Å². The SMILES string of the molecule is CN1CC2(CCN(C(=O)c3cnc4c(c3)ncn4CCc3ccccc3)C2)OC1=O. The fraction of sp³-hybridized carbons (Fsp3) is 0.364. The number of hydrogen-bond acceptors (Lipinski definition) is 5. The van der Waals surface area contributed by atoms with E-state index in [1.54, 1.807) is 35.4 Å². The molecular weight excluding hydrogens is 382 g/mol. The lowest BCUT2D eigenvalue weighted by atomic mass is 10.0. The zero-order valence-electron chi connectivity index (χ0n) is 16.8. The van der Waals surface area contributed by atoms with Gasteiger partial charge in [-0.15, -0.1) is 0 Å². The number of imidazole rings is 1. The molecule has 8 nitrogen and oxygen atoms in total. The molecule has 2 saturated heterocycles. The molecule has 0 radical (unpaired) electrons. The molecule has 30 heavy (non-hydrogen) atoms. The molecule has 2 aliphatic rings. The van der Waals surface area contributed by atoms with Gasteiger partial charge in [-0.3, -0.25) is 4.79 Å². The minimum absolute atomic E-state index is 0.106. The summed E-state index contributed by atoms with van der Waals surface area (Å²) in [6.45, 7) is 2.25. The summed E-state index contributed by atoms with van der Waals surface area (Å²) < 4.78 is 7.55. The minimum atomic E-state index is -0.585. The predicted molar refractivity (Wildman–Crippen MR) is 110 cm³/mol. The largest absolute Gasteiger partial charge is 0.439 e. The minimum Gasteiger partial charge on any atom is -0.439 e. The Morgan fingerprint density at radius 1 is 1.20 bits per heavy atom. The molecule has 1 aromatic carbocycles. The normalized spacial score (nSPS) is 21.0. The highest BCUT2D eigenvalue weighted by molar-refractivity contribution is 5.96. The van der Waals surface area contributed by atoms with Crippen LogP contribution in [0.5, 0.6) is 0 Å². The molecule has 1 spiro atoms. The Morgan fingerprint density at radius 3 is 2.80 bits per heavy atom. The second-order valence-electron chi connectivity index (χ2n) is 8.12. The van der Waals surface area contributed by atoms with Gasteiger partial charge in [-0.1, -0.05) is 30.3 Å². The Balaban J connectivity index is 1.30. The molecule has 2 aliphatic heterocycles. The molecule has 0 aliphatic carbocycles. The molecule has 2 fully saturated rings. The number of amides is 2. The Labute approximate surface area is 174 Å². The van der Waals surface area contributed by atoms with Crippen LogP contribution in [-0.4, -0.2) is 68.6 Å². The van der Waals surface area contributed by atoms with Crippen molar-refractivity contribution >= 4 is 23.2 Å². The highest BCUT2D eigenvalue weighted by Crippen LogP contribution is 2.32. The Kier molecular flexibility index (Phi) is 4.42. The van der Waals surface area contributed by atoms with Gasteiger partial charge in [0.1, 0.15) is 5.52 Å². The van der Waals surface area contributed by atoms with Gasteiger partial charge in [-0.05, 0) is 18.1 Å². The second-order valence-corrected chi connectivity index (χ2v) is 8.12. The van der Waals surface area contributed by atoms with Gasteiger partial charge < -0.3 is 19.1 Å². The van der Waals surface area contributed by atoms with Crippen LogP contribution in [0.25, 0.3) is 11.2 Å². The van der Waals surface area contributed by atoms with Crippen molar-refractivity contribution in [2.45, 2.75) is 25.0 Å². The third-order valence-electron chi connectivity index (χ3n) is 5.93. The van der Waals surface area contributed by atoms with Gasteiger partial charge in [0.2, 0.25) is 0 Å². The first-order chi connectivity index (χ1) is 14.5. The number of aromatic nitrogens is 3. The summed E-state index contributed by atoms with van der Waals surface area (Å²) in [5, 5.41) is 0. The van der Waals surface area contributed by atoms with E-state index >= 15 is 0 Å². The number of carbonyl (C=O) groups is 2. The van der Waals surface area contributed by atoms with E-state index < -0.39 is 5.60 Å². The lowest BCUT2D eigenvalue weighted by Crippen LogP contribution is -2.39. The van der Waals surface area contributed by atoms with Gasteiger partial charge in [0.15, 0.2) is 11.2 Å². The molecule has 1 atom stereocenters. The highest BCUT2D eigenvalue weighted by atomic mass is 16.6. The fourth-order valence-corrected chi connectivity index (χ4v) is 4.33. The number of hydrogen-bond donors (Lipinski definition) is 0. The maximum atomic E-state index is 13.0. The van der Waals surface area contributed by atoms with Crippen molar-refractivity contribution in [2.24, 2.45) is 0 Å². The molecule has 1 unspecified atom stereocenters. The molecule has 5 rings (SSSR count). The number of likely N-dealkylation sites (N-methyl/N-ethyl adjacent to an activating group) is 1.